The molecule has 0 saturated heterocycles. The number of hydrogen-bond acceptors (Lipinski definition) is 4. The summed E-state index contributed by atoms with van der Waals surface area (Å²) in [6.07, 6.45) is -4.82. The number of aromatic nitrogens is 5. The maximum Gasteiger partial charge on any atom is 0.435 e. The van der Waals surface area contributed by atoms with Gasteiger partial charge in [0.1, 0.15) is 5.69 Å². The maximum absolute atomic E-state index is 13.5. The standard InChI is InChI=1S/C21H18F6N6O/c22-20(23,24)17-8-11(5-6-28-17)15-9-16-14(2-1-7-32(16)30-15)29-19(34)13-10-33(12-3-4-12)31-18(13)21(25,26)27/h5-6,8-10,12,14H,1-4,7H2,(H,29,34)/t14-/m0/s1. The summed E-state index contributed by atoms with van der Waals surface area (Å²) < 4.78 is 82.2. The Labute approximate surface area is 188 Å². The molecule has 0 radical (unpaired) electrons. The summed E-state index contributed by atoms with van der Waals surface area (Å²) in [6.45, 7) is 0.465. The first-order chi connectivity index (χ1) is 16.0. The highest BCUT2D eigenvalue weighted by Crippen LogP contribution is 2.38. The third-order valence-corrected chi connectivity index (χ3v) is 5.85. The van der Waals surface area contributed by atoms with Crippen LogP contribution in [-0.2, 0) is 18.9 Å². The van der Waals surface area contributed by atoms with Crippen LogP contribution in [0.4, 0.5) is 26.3 Å². The molecule has 7 nitrogen and oxygen atoms in total. The van der Waals surface area contributed by atoms with Gasteiger partial charge in [-0.15, -0.1) is 0 Å². The fraction of sp³-hybridized carbons (Fsp3) is 0.429. The molecule has 180 valence electrons. The Balaban J connectivity index is 1.42. The number of carbonyl (C=O) groups is 1. The van der Waals surface area contributed by atoms with Crippen LogP contribution in [0, 0.1) is 0 Å². The van der Waals surface area contributed by atoms with Gasteiger partial charge in [0.2, 0.25) is 0 Å². The van der Waals surface area contributed by atoms with Crippen molar-refractivity contribution >= 4 is 5.91 Å². The van der Waals surface area contributed by atoms with Gasteiger partial charge in [0.05, 0.1) is 29.0 Å². The molecule has 4 heterocycles. The molecule has 0 aromatic carbocycles. The molecule has 1 saturated carbocycles. The molecule has 1 atom stereocenters. The minimum atomic E-state index is -4.79. The highest BCUT2D eigenvalue weighted by molar-refractivity contribution is 5.95. The van der Waals surface area contributed by atoms with Crippen LogP contribution in [0.25, 0.3) is 11.3 Å². The van der Waals surface area contributed by atoms with E-state index in [4.69, 9.17) is 0 Å². The molecular formula is C21H18F6N6O. The van der Waals surface area contributed by atoms with Crippen LogP contribution in [0.3, 0.4) is 0 Å². The van der Waals surface area contributed by atoms with E-state index in [9.17, 15) is 31.1 Å². The number of aryl methyl sites for hydroxylation is 1. The molecule has 3 aromatic rings. The van der Waals surface area contributed by atoms with E-state index in [0.717, 1.165) is 18.5 Å². The molecule has 0 spiro atoms. The third-order valence-electron chi connectivity index (χ3n) is 5.85. The summed E-state index contributed by atoms with van der Waals surface area (Å²) in [5.74, 6) is -0.913. The van der Waals surface area contributed by atoms with Gasteiger partial charge in [-0.1, -0.05) is 0 Å². The Bertz CT molecular complexity index is 1240. The van der Waals surface area contributed by atoms with E-state index in [-0.39, 0.29) is 17.3 Å². The fourth-order valence-electron chi connectivity index (χ4n) is 4.05. The first-order valence-corrected chi connectivity index (χ1v) is 10.6. The Morgan fingerprint density at radius 3 is 2.47 bits per heavy atom. The number of fused-ring (bicyclic) bond motifs is 1. The van der Waals surface area contributed by atoms with E-state index < -0.39 is 41.3 Å². The number of amides is 1. The normalized spacial score (nSPS) is 18.6. The van der Waals surface area contributed by atoms with Crippen molar-refractivity contribution in [2.24, 2.45) is 0 Å². The highest BCUT2D eigenvalue weighted by atomic mass is 19.4. The predicted molar refractivity (Wildman–Crippen MR) is 105 cm³/mol. The summed E-state index contributed by atoms with van der Waals surface area (Å²) >= 11 is 0. The second kappa shape index (κ2) is 7.84. The number of nitrogens with one attached hydrogen (secondary N) is 1. The van der Waals surface area contributed by atoms with Crippen LogP contribution in [-0.4, -0.2) is 30.5 Å². The molecule has 1 aliphatic carbocycles. The third kappa shape index (κ3) is 4.26. The van der Waals surface area contributed by atoms with Crippen LogP contribution >= 0.6 is 0 Å². The number of hydrogen-bond donors (Lipinski definition) is 1. The van der Waals surface area contributed by atoms with Crippen molar-refractivity contribution in [2.75, 3.05) is 0 Å². The lowest BCUT2D eigenvalue weighted by atomic mass is 10.0. The molecule has 3 aromatic heterocycles. The van der Waals surface area contributed by atoms with Gasteiger partial charge in [-0.3, -0.25) is 19.1 Å². The zero-order chi connectivity index (χ0) is 24.3. The quantitative estimate of drug-likeness (QED) is 0.541. The molecule has 2 aliphatic rings. The lowest BCUT2D eigenvalue weighted by Gasteiger charge is -2.24. The molecule has 1 aliphatic heterocycles. The Morgan fingerprint density at radius 1 is 1.03 bits per heavy atom. The molecule has 1 amide bonds. The lowest BCUT2D eigenvalue weighted by Crippen LogP contribution is -2.33. The zero-order valence-electron chi connectivity index (χ0n) is 17.5. The lowest BCUT2D eigenvalue weighted by molar-refractivity contribution is -0.142. The summed E-state index contributed by atoms with van der Waals surface area (Å²) in [5.41, 5.74) is -1.91. The van der Waals surface area contributed by atoms with E-state index in [1.165, 1.54) is 16.8 Å². The summed E-state index contributed by atoms with van der Waals surface area (Å²) in [5, 5.41) is 10.6. The first-order valence-electron chi connectivity index (χ1n) is 10.6. The predicted octanol–water partition coefficient (Wildman–Crippen LogP) is 4.78. The Hall–Kier alpha value is -3.38. The Kier molecular flexibility index (Phi) is 5.17. The summed E-state index contributed by atoms with van der Waals surface area (Å²) in [6, 6.07) is 3.01. The van der Waals surface area contributed by atoms with Gasteiger partial charge < -0.3 is 5.32 Å². The molecule has 5 rings (SSSR count). The Morgan fingerprint density at radius 2 is 1.79 bits per heavy atom. The van der Waals surface area contributed by atoms with Crippen molar-refractivity contribution in [2.45, 2.75) is 56.7 Å². The maximum atomic E-state index is 13.5. The van der Waals surface area contributed by atoms with E-state index >= 15 is 0 Å². The van der Waals surface area contributed by atoms with Gasteiger partial charge in [-0.05, 0) is 43.9 Å². The topological polar surface area (TPSA) is 77.6 Å². The van der Waals surface area contributed by atoms with Gasteiger partial charge in [0.15, 0.2) is 5.69 Å². The van der Waals surface area contributed by atoms with Crippen LogP contribution in [0.15, 0.2) is 30.6 Å². The average molecular weight is 484 g/mol. The second-order valence-corrected chi connectivity index (χ2v) is 8.37. The second-order valence-electron chi connectivity index (χ2n) is 8.37. The molecule has 0 unspecified atom stereocenters. The average Bonchev–Trinajstić information content (AvgIpc) is 3.34. The van der Waals surface area contributed by atoms with Crippen molar-refractivity contribution in [1.29, 1.82) is 0 Å². The van der Waals surface area contributed by atoms with Crippen molar-refractivity contribution < 1.29 is 31.1 Å². The van der Waals surface area contributed by atoms with Crippen LogP contribution in [0.2, 0.25) is 0 Å². The summed E-state index contributed by atoms with van der Waals surface area (Å²) in [7, 11) is 0. The number of halogens is 6. The van der Waals surface area contributed by atoms with Gasteiger partial charge in [-0.25, -0.2) is 0 Å². The largest absolute Gasteiger partial charge is 0.435 e. The number of pyridine rings is 1. The van der Waals surface area contributed by atoms with Crippen molar-refractivity contribution in [3.8, 4) is 11.3 Å². The van der Waals surface area contributed by atoms with Crippen molar-refractivity contribution in [1.82, 2.24) is 29.9 Å². The van der Waals surface area contributed by atoms with Gasteiger partial charge in [0, 0.05) is 24.5 Å². The smallest absolute Gasteiger partial charge is 0.344 e. The van der Waals surface area contributed by atoms with E-state index in [1.807, 2.05) is 0 Å². The monoisotopic (exact) mass is 484 g/mol. The van der Waals surface area contributed by atoms with Crippen molar-refractivity contribution in [3.63, 3.8) is 0 Å². The molecule has 34 heavy (non-hydrogen) atoms. The van der Waals surface area contributed by atoms with Crippen LogP contribution in [0.5, 0.6) is 0 Å². The van der Waals surface area contributed by atoms with Gasteiger partial charge in [-0.2, -0.15) is 36.5 Å². The minimum Gasteiger partial charge on any atom is -0.344 e. The first kappa shape index (κ1) is 22.4. The van der Waals surface area contributed by atoms with E-state index in [1.54, 1.807) is 4.68 Å². The number of nitrogens with zero attached hydrogens (tertiary/aromatic N) is 5. The molecule has 1 fully saturated rings. The number of rotatable bonds is 4. The molecule has 13 heteroatoms. The zero-order valence-corrected chi connectivity index (χ0v) is 17.5. The molecule has 1 N–H and O–H groups in total. The molecule has 0 bridgehead atoms. The fourth-order valence-corrected chi connectivity index (χ4v) is 4.05. The van der Waals surface area contributed by atoms with Gasteiger partial charge >= 0.3 is 12.4 Å². The number of alkyl halides is 6. The van der Waals surface area contributed by atoms with E-state index in [0.29, 0.717) is 37.9 Å². The number of carbonyl (C=O) groups excluding carboxylic acids is 1. The van der Waals surface area contributed by atoms with Crippen LogP contribution < -0.4 is 5.32 Å². The molecular weight excluding hydrogens is 466 g/mol. The minimum absolute atomic E-state index is 0.136. The SMILES string of the molecule is O=C(N[C@H]1CCCn2nc(-c3ccnc(C(F)(F)F)c3)cc21)c1cn(C2CC2)nc1C(F)(F)F. The highest BCUT2D eigenvalue weighted by Gasteiger charge is 2.41. The van der Waals surface area contributed by atoms with E-state index in [2.05, 4.69) is 20.5 Å². The van der Waals surface area contributed by atoms with Crippen LogP contribution in [0.1, 0.15) is 65.2 Å². The van der Waals surface area contributed by atoms with Gasteiger partial charge in [0.25, 0.3) is 5.91 Å². The van der Waals surface area contributed by atoms with Crippen molar-refractivity contribution in [3.05, 3.63) is 53.2 Å². The summed E-state index contributed by atoms with van der Waals surface area (Å²) in [4.78, 5) is 16.2.